The van der Waals surface area contributed by atoms with Gasteiger partial charge in [0.05, 0.1) is 12.5 Å². The van der Waals surface area contributed by atoms with Gasteiger partial charge in [-0.2, -0.15) is 0 Å². The van der Waals surface area contributed by atoms with Gasteiger partial charge < -0.3 is 13.9 Å². The number of nitrogens with zero attached hydrogens (tertiary/aromatic N) is 5. The monoisotopic (exact) mass is 363 g/mol. The first-order chi connectivity index (χ1) is 13.4. The fourth-order valence-corrected chi connectivity index (χ4v) is 4.53. The molecule has 2 aromatic heterocycles. The van der Waals surface area contributed by atoms with Gasteiger partial charge in [0.1, 0.15) is 0 Å². The Morgan fingerprint density at radius 3 is 2.67 bits per heavy atom. The molecule has 0 bridgehead atoms. The summed E-state index contributed by atoms with van der Waals surface area (Å²) >= 11 is 0. The van der Waals surface area contributed by atoms with E-state index in [2.05, 4.69) is 54.8 Å². The summed E-state index contributed by atoms with van der Waals surface area (Å²) < 4.78 is 7.71. The van der Waals surface area contributed by atoms with Gasteiger partial charge in [-0.1, -0.05) is 12.1 Å². The summed E-state index contributed by atoms with van der Waals surface area (Å²) in [5, 5.41) is 0. The van der Waals surface area contributed by atoms with Gasteiger partial charge in [-0.05, 0) is 31.4 Å². The van der Waals surface area contributed by atoms with Crippen LogP contribution in [-0.4, -0.2) is 51.7 Å². The molecule has 2 fully saturated rings. The summed E-state index contributed by atoms with van der Waals surface area (Å²) in [4.78, 5) is 13.4. The Bertz CT molecular complexity index is 853. The highest BCUT2D eigenvalue weighted by Crippen LogP contribution is 2.30. The number of aromatic nitrogens is 3. The lowest BCUT2D eigenvalue weighted by Gasteiger charge is -2.38. The number of oxazole rings is 1. The molecule has 2 saturated heterocycles. The maximum atomic E-state index is 5.44. The molecule has 5 rings (SSSR count). The summed E-state index contributed by atoms with van der Waals surface area (Å²) in [5.41, 5.74) is 2.37. The van der Waals surface area contributed by atoms with Crippen molar-refractivity contribution < 1.29 is 4.42 Å². The van der Waals surface area contributed by atoms with E-state index in [1.165, 1.54) is 37.9 Å². The van der Waals surface area contributed by atoms with Crippen molar-refractivity contribution in [3.63, 3.8) is 0 Å². The van der Waals surface area contributed by atoms with Crippen LogP contribution in [0.5, 0.6) is 0 Å². The molecule has 27 heavy (non-hydrogen) atoms. The molecule has 1 atom stereocenters. The zero-order chi connectivity index (χ0) is 18.1. The summed E-state index contributed by atoms with van der Waals surface area (Å²) in [6.07, 6.45) is 12.9. The van der Waals surface area contributed by atoms with E-state index in [1.54, 1.807) is 6.20 Å². The van der Waals surface area contributed by atoms with E-state index in [4.69, 9.17) is 4.42 Å². The van der Waals surface area contributed by atoms with Crippen LogP contribution in [-0.2, 0) is 0 Å². The van der Waals surface area contributed by atoms with Gasteiger partial charge in [0.2, 0.25) is 0 Å². The maximum Gasteiger partial charge on any atom is 0.181 e. The Labute approximate surface area is 159 Å². The van der Waals surface area contributed by atoms with Gasteiger partial charge in [0.15, 0.2) is 12.2 Å². The lowest BCUT2D eigenvalue weighted by Crippen LogP contribution is -2.44. The smallest absolute Gasteiger partial charge is 0.181 e. The largest absolute Gasteiger partial charge is 0.444 e. The van der Waals surface area contributed by atoms with E-state index in [-0.39, 0.29) is 0 Å². The Balaban J connectivity index is 1.20. The Kier molecular flexibility index (Phi) is 4.41. The molecule has 4 heterocycles. The summed E-state index contributed by atoms with van der Waals surface area (Å²) in [7, 11) is 0. The van der Waals surface area contributed by atoms with Gasteiger partial charge in [-0.25, -0.2) is 9.97 Å². The molecule has 2 aliphatic heterocycles. The molecule has 0 aliphatic carbocycles. The van der Waals surface area contributed by atoms with Crippen molar-refractivity contribution in [2.75, 3.05) is 31.1 Å². The van der Waals surface area contributed by atoms with Crippen molar-refractivity contribution in [3.05, 3.63) is 55.6 Å². The van der Waals surface area contributed by atoms with E-state index in [9.17, 15) is 0 Å². The summed E-state index contributed by atoms with van der Waals surface area (Å²) in [5.74, 6) is 0.828. The number of imidazole rings is 1. The molecule has 0 radical (unpaired) electrons. The van der Waals surface area contributed by atoms with E-state index >= 15 is 0 Å². The molecule has 6 heteroatoms. The van der Waals surface area contributed by atoms with Crippen molar-refractivity contribution in [2.24, 2.45) is 0 Å². The molecule has 2 aliphatic rings. The van der Waals surface area contributed by atoms with Crippen LogP contribution in [0.2, 0.25) is 0 Å². The van der Waals surface area contributed by atoms with E-state index < -0.39 is 0 Å². The zero-order valence-corrected chi connectivity index (χ0v) is 15.4. The Morgan fingerprint density at radius 1 is 1.00 bits per heavy atom. The van der Waals surface area contributed by atoms with Crippen LogP contribution >= 0.6 is 0 Å². The topological polar surface area (TPSA) is 50.3 Å². The second kappa shape index (κ2) is 7.19. The zero-order valence-electron chi connectivity index (χ0n) is 15.4. The van der Waals surface area contributed by atoms with Gasteiger partial charge in [0.25, 0.3) is 0 Å². The van der Waals surface area contributed by atoms with Crippen LogP contribution in [0.25, 0.3) is 11.3 Å². The van der Waals surface area contributed by atoms with Crippen LogP contribution in [0.4, 0.5) is 5.69 Å². The number of anilines is 1. The molecule has 3 aromatic rings. The van der Waals surface area contributed by atoms with Crippen LogP contribution in [0.1, 0.15) is 25.3 Å². The minimum absolute atomic E-state index is 0.587. The second-order valence-corrected chi connectivity index (χ2v) is 7.58. The quantitative estimate of drug-likeness (QED) is 0.711. The molecular weight excluding hydrogens is 338 g/mol. The molecule has 6 nitrogen and oxygen atoms in total. The SMILES string of the molecule is c1cc(-c2cnco2)cc(N2CCC(N3CCC(n4ccnc4)C3)CC2)c1. The van der Waals surface area contributed by atoms with E-state index in [0.29, 0.717) is 12.1 Å². The van der Waals surface area contributed by atoms with Crippen LogP contribution in [0.3, 0.4) is 0 Å². The van der Waals surface area contributed by atoms with E-state index in [0.717, 1.165) is 31.0 Å². The highest BCUT2D eigenvalue weighted by molar-refractivity contribution is 5.64. The summed E-state index contributed by atoms with van der Waals surface area (Å²) in [6, 6.07) is 9.89. The van der Waals surface area contributed by atoms with Crippen molar-refractivity contribution in [2.45, 2.75) is 31.3 Å². The standard InChI is InChI=1S/C21H25N5O/c1-2-17(21-13-23-16-27-21)12-19(3-1)24-8-4-18(5-9-24)25-10-6-20(14-25)26-11-7-22-15-26/h1-3,7,11-13,15-16,18,20H,4-6,8-10,14H2. The van der Waals surface area contributed by atoms with Crippen molar-refractivity contribution >= 4 is 5.69 Å². The first-order valence-corrected chi connectivity index (χ1v) is 9.82. The fraction of sp³-hybridized carbons (Fsp3) is 0.429. The molecule has 0 amide bonds. The van der Waals surface area contributed by atoms with Crippen LogP contribution in [0.15, 0.2) is 60.0 Å². The number of rotatable bonds is 4. The highest BCUT2D eigenvalue weighted by atomic mass is 16.3. The highest BCUT2D eigenvalue weighted by Gasteiger charge is 2.31. The molecule has 0 saturated carbocycles. The maximum absolute atomic E-state index is 5.44. The van der Waals surface area contributed by atoms with Crippen LogP contribution < -0.4 is 4.90 Å². The Hall–Kier alpha value is -2.60. The van der Waals surface area contributed by atoms with E-state index in [1.807, 2.05) is 12.5 Å². The molecule has 0 spiro atoms. The third-order valence-corrected chi connectivity index (χ3v) is 6.05. The predicted octanol–water partition coefficient (Wildman–Crippen LogP) is 3.45. The van der Waals surface area contributed by atoms with Gasteiger partial charge in [-0.15, -0.1) is 0 Å². The lowest BCUT2D eigenvalue weighted by atomic mass is 10.0. The first kappa shape index (κ1) is 16.6. The lowest BCUT2D eigenvalue weighted by molar-refractivity contribution is 0.201. The van der Waals surface area contributed by atoms with Crippen molar-refractivity contribution in [1.82, 2.24) is 19.4 Å². The minimum Gasteiger partial charge on any atom is -0.444 e. The van der Waals surface area contributed by atoms with Gasteiger partial charge in [0, 0.05) is 61.9 Å². The molecule has 0 N–H and O–H groups in total. The second-order valence-electron chi connectivity index (χ2n) is 7.58. The van der Waals surface area contributed by atoms with Crippen molar-refractivity contribution in [3.8, 4) is 11.3 Å². The predicted molar refractivity (Wildman–Crippen MR) is 105 cm³/mol. The molecule has 140 valence electrons. The fourth-order valence-electron chi connectivity index (χ4n) is 4.53. The number of piperidine rings is 1. The average Bonchev–Trinajstić information content (AvgIpc) is 3.50. The molecule has 1 unspecified atom stereocenters. The number of hydrogen-bond acceptors (Lipinski definition) is 5. The van der Waals surface area contributed by atoms with Gasteiger partial charge >= 0.3 is 0 Å². The third-order valence-electron chi connectivity index (χ3n) is 6.05. The minimum atomic E-state index is 0.587. The normalized spacial score (nSPS) is 21.8. The Morgan fingerprint density at radius 2 is 1.89 bits per heavy atom. The average molecular weight is 363 g/mol. The van der Waals surface area contributed by atoms with Crippen molar-refractivity contribution in [1.29, 1.82) is 0 Å². The number of hydrogen-bond donors (Lipinski definition) is 0. The van der Waals surface area contributed by atoms with Gasteiger partial charge in [-0.3, -0.25) is 4.90 Å². The number of benzene rings is 1. The first-order valence-electron chi connectivity index (χ1n) is 9.82. The van der Waals surface area contributed by atoms with Crippen LogP contribution in [0, 0.1) is 0 Å². The third kappa shape index (κ3) is 3.37. The summed E-state index contributed by atoms with van der Waals surface area (Å²) in [6.45, 7) is 4.57. The molecular formula is C21H25N5O. The number of likely N-dealkylation sites (tertiary alicyclic amines) is 1. The molecule has 1 aromatic carbocycles.